The number of carboxylic acid groups (broad SMARTS) is 1. The zero-order valence-corrected chi connectivity index (χ0v) is 12.8. The Labute approximate surface area is 128 Å². The van der Waals surface area contributed by atoms with Crippen LogP contribution in [-0.4, -0.2) is 50.8 Å². The third kappa shape index (κ3) is 4.77. The van der Waals surface area contributed by atoms with E-state index in [-0.39, 0.29) is 6.42 Å². The maximum Gasteiger partial charge on any atom is 0.304 e. The monoisotopic (exact) mass is 310 g/mol. The van der Waals surface area contributed by atoms with Crippen LogP contribution in [-0.2, 0) is 11.2 Å². The summed E-state index contributed by atoms with van der Waals surface area (Å²) < 4.78 is 0.910. The third-order valence-corrected chi connectivity index (χ3v) is 4.77. The molecule has 0 spiro atoms. The van der Waals surface area contributed by atoms with Crippen LogP contribution in [0.4, 0.5) is 0 Å². The molecule has 0 bridgehead atoms. The number of benzene rings is 1. The highest BCUT2D eigenvalue weighted by Crippen LogP contribution is 2.19. The summed E-state index contributed by atoms with van der Waals surface area (Å²) in [5, 5.41) is 8.74. The topological polar surface area (TPSA) is 43.8 Å². The van der Waals surface area contributed by atoms with Gasteiger partial charge >= 0.3 is 5.97 Å². The molecule has 0 radical (unpaired) electrons. The van der Waals surface area contributed by atoms with E-state index in [1.54, 1.807) is 11.8 Å². The highest BCUT2D eigenvalue weighted by Gasteiger charge is 2.21. The molecule has 1 saturated heterocycles. The molecule has 0 aromatic heterocycles. The highest BCUT2D eigenvalue weighted by molar-refractivity contribution is 8.22. The summed E-state index contributed by atoms with van der Waals surface area (Å²) in [6.07, 6.45) is 1.13. The Hall–Kier alpha value is -1.11. The van der Waals surface area contributed by atoms with Crippen LogP contribution < -0.4 is 0 Å². The van der Waals surface area contributed by atoms with Gasteiger partial charge in [0.15, 0.2) is 0 Å². The lowest BCUT2D eigenvalue weighted by Gasteiger charge is -2.36. The van der Waals surface area contributed by atoms with Gasteiger partial charge in [0.05, 0.1) is 19.0 Å². The first-order chi connectivity index (χ1) is 9.65. The van der Waals surface area contributed by atoms with Gasteiger partial charge in [-0.3, -0.25) is 9.69 Å². The van der Waals surface area contributed by atoms with Gasteiger partial charge in [-0.05, 0) is 12.0 Å². The summed E-state index contributed by atoms with van der Waals surface area (Å²) in [6, 6.07) is 10.3. The predicted molar refractivity (Wildman–Crippen MR) is 85.7 cm³/mol. The van der Waals surface area contributed by atoms with E-state index in [9.17, 15) is 4.79 Å². The summed E-state index contributed by atoms with van der Waals surface area (Å²) in [4.78, 5) is 14.9. The number of nitrogens with zero attached hydrogens (tertiary/aromatic N) is 2. The Morgan fingerprint density at radius 1 is 1.30 bits per heavy atom. The maximum absolute atomic E-state index is 10.6. The quantitative estimate of drug-likeness (QED) is 0.813. The summed E-state index contributed by atoms with van der Waals surface area (Å²) in [6.45, 7) is 2.18. The average molecular weight is 310 g/mol. The van der Waals surface area contributed by atoms with Crippen molar-refractivity contribution in [2.45, 2.75) is 12.8 Å². The van der Waals surface area contributed by atoms with Crippen molar-refractivity contribution >= 4 is 34.3 Å². The standard InChI is InChI=1S/C14H18N2O2S2/c17-13(18)7-8-15-10-16(14(19)20-11-15)9-6-12-4-2-1-3-5-12/h1-5H,6-11H2,(H,17,18). The van der Waals surface area contributed by atoms with Crippen molar-refractivity contribution in [3.63, 3.8) is 0 Å². The Morgan fingerprint density at radius 2 is 2.05 bits per heavy atom. The van der Waals surface area contributed by atoms with Crippen molar-refractivity contribution in [1.29, 1.82) is 0 Å². The molecule has 4 nitrogen and oxygen atoms in total. The third-order valence-electron chi connectivity index (χ3n) is 3.15. The van der Waals surface area contributed by atoms with Crippen LogP contribution in [0.2, 0.25) is 0 Å². The van der Waals surface area contributed by atoms with Crippen LogP contribution in [0.1, 0.15) is 12.0 Å². The van der Waals surface area contributed by atoms with Crippen molar-refractivity contribution in [2.24, 2.45) is 0 Å². The second-order valence-electron chi connectivity index (χ2n) is 4.72. The Morgan fingerprint density at radius 3 is 2.75 bits per heavy atom. The predicted octanol–water partition coefficient (Wildman–Crippen LogP) is 2.25. The molecule has 1 aliphatic heterocycles. The molecule has 0 unspecified atom stereocenters. The number of hydrogen-bond donors (Lipinski definition) is 1. The second kappa shape index (κ2) is 7.61. The molecule has 6 heteroatoms. The molecule has 0 amide bonds. The molecule has 1 aliphatic rings. The number of aliphatic carboxylic acids is 1. The maximum atomic E-state index is 10.6. The zero-order chi connectivity index (χ0) is 14.4. The van der Waals surface area contributed by atoms with E-state index in [1.165, 1.54) is 5.56 Å². The minimum absolute atomic E-state index is 0.180. The molecule has 108 valence electrons. The molecule has 1 aromatic rings. The minimum Gasteiger partial charge on any atom is -0.481 e. The van der Waals surface area contributed by atoms with Gasteiger partial charge in [-0.2, -0.15) is 0 Å². The highest BCUT2D eigenvalue weighted by atomic mass is 32.2. The molecule has 1 aromatic carbocycles. The van der Waals surface area contributed by atoms with Gasteiger partial charge < -0.3 is 10.0 Å². The molecule has 2 rings (SSSR count). The summed E-state index contributed by atoms with van der Waals surface area (Å²) in [5.41, 5.74) is 1.29. The summed E-state index contributed by atoms with van der Waals surface area (Å²) >= 11 is 6.99. The lowest BCUT2D eigenvalue weighted by atomic mass is 10.1. The number of thiocarbonyl (C=S) groups is 1. The number of carbonyl (C=O) groups is 1. The van der Waals surface area contributed by atoms with Crippen LogP contribution in [0.25, 0.3) is 0 Å². The normalized spacial score (nSPS) is 16.4. The molecule has 20 heavy (non-hydrogen) atoms. The number of rotatable bonds is 6. The van der Waals surface area contributed by atoms with Gasteiger partial charge in [-0.15, -0.1) is 0 Å². The summed E-state index contributed by atoms with van der Waals surface area (Å²) in [7, 11) is 0. The van der Waals surface area contributed by atoms with Crippen LogP contribution >= 0.6 is 24.0 Å². The van der Waals surface area contributed by atoms with Gasteiger partial charge in [0.1, 0.15) is 4.32 Å². The van der Waals surface area contributed by atoms with E-state index in [1.807, 2.05) is 18.2 Å². The number of carboxylic acids is 1. The van der Waals surface area contributed by atoms with Gasteiger partial charge in [-0.25, -0.2) is 0 Å². The number of thioether (sulfide) groups is 1. The van der Waals surface area contributed by atoms with Gasteiger partial charge in [0, 0.05) is 13.1 Å². The fourth-order valence-corrected chi connectivity index (χ4v) is 3.18. The zero-order valence-electron chi connectivity index (χ0n) is 11.2. The molecule has 1 N–H and O–H groups in total. The van der Waals surface area contributed by atoms with Crippen LogP contribution in [0.15, 0.2) is 30.3 Å². The van der Waals surface area contributed by atoms with Crippen molar-refractivity contribution in [3.8, 4) is 0 Å². The Kier molecular flexibility index (Phi) is 5.82. The first-order valence-electron chi connectivity index (χ1n) is 6.55. The molecule has 0 saturated carbocycles. The molecular weight excluding hydrogens is 292 g/mol. The number of hydrogen-bond acceptors (Lipinski definition) is 4. The lowest BCUT2D eigenvalue weighted by molar-refractivity contribution is -0.137. The van der Waals surface area contributed by atoms with Crippen molar-refractivity contribution < 1.29 is 9.90 Å². The molecule has 1 heterocycles. The van der Waals surface area contributed by atoms with E-state index in [0.717, 1.165) is 29.8 Å². The van der Waals surface area contributed by atoms with E-state index in [4.69, 9.17) is 17.3 Å². The van der Waals surface area contributed by atoms with E-state index < -0.39 is 5.97 Å². The van der Waals surface area contributed by atoms with Gasteiger partial charge in [0.25, 0.3) is 0 Å². The minimum atomic E-state index is -0.751. The lowest BCUT2D eigenvalue weighted by Crippen LogP contribution is -2.46. The SMILES string of the molecule is O=C(O)CCN1CSC(=S)N(CCc2ccccc2)C1. The van der Waals surface area contributed by atoms with Crippen LogP contribution in [0, 0.1) is 0 Å². The smallest absolute Gasteiger partial charge is 0.304 e. The Bertz CT molecular complexity index is 468. The van der Waals surface area contributed by atoms with Crippen LogP contribution in [0.5, 0.6) is 0 Å². The van der Waals surface area contributed by atoms with Crippen molar-refractivity contribution in [2.75, 3.05) is 25.6 Å². The fourth-order valence-electron chi connectivity index (χ4n) is 2.04. The summed E-state index contributed by atoms with van der Waals surface area (Å²) in [5.74, 6) is 0.0347. The van der Waals surface area contributed by atoms with Gasteiger partial charge in [0.2, 0.25) is 0 Å². The molecule has 1 fully saturated rings. The average Bonchev–Trinajstić information content (AvgIpc) is 2.46. The molecule has 0 atom stereocenters. The molecule has 0 aliphatic carbocycles. The first kappa shape index (κ1) is 15.3. The molecular formula is C14H18N2O2S2. The first-order valence-corrected chi connectivity index (χ1v) is 7.94. The fraction of sp³-hybridized carbons (Fsp3) is 0.429. The second-order valence-corrected chi connectivity index (χ2v) is 6.30. The van der Waals surface area contributed by atoms with Crippen molar-refractivity contribution in [1.82, 2.24) is 9.80 Å². The van der Waals surface area contributed by atoms with E-state index in [0.29, 0.717) is 6.54 Å². The Balaban J connectivity index is 1.82. The van der Waals surface area contributed by atoms with Gasteiger partial charge in [-0.1, -0.05) is 54.3 Å². The van der Waals surface area contributed by atoms with E-state index >= 15 is 0 Å². The largest absolute Gasteiger partial charge is 0.481 e. The van der Waals surface area contributed by atoms with Crippen molar-refractivity contribution in [3.05, 3.63) is 35.9 Å². The van der Waals surface area contributed by atoms with Crippen LogP contribution in [0.3, 0.4) is 0 Å². The van der Waals surface area contributed by atoms with E-state index in [2.05, 4.69) is 21.9 Å².